The SMILES string of the molecule is CCCn1cncc1C(N)c1noc(C2CC2)n1. The molecule has 2 aromatic rings. The lowest BCUT2D eigenvalue weighted by Gasteiger charge is -2.10. The first-order valence-electron chi connectivity index (χ1n) is 6.38. The molecule has 0 saturated heterocycles. The Kier molecular flexibility index (Phi) is 2.87. The summed E-state index contributed by atoms with van der Waals surface area (Å²) < 4.78 is 7.28. The molecule has 2 heterocycles. The largest absolute Gasteiger partial charge is 0.339 e. The molecule has 1 unspecified atom stereocenters. The minimum absolute atomic E-state index is 0.365. The molecule has 2 aromatic heterocycles. The molecule has 2 N–H and O–H groups in total. The first-order chi connectivity index (χ1) is 8.79. The molecule has 6 nitrogen and oxygen atoms in total. The van der Waals surface area contributed by atoms with Crippen LogP contribution in [0.2, 0.25) is 0 Å². The van der Waals surface area contributed by atoms with Crippen LogP contribution >= 0.6 is 0 Å². The van der Waals surface area contributed by atoms with Gasteiger partial charge in [-0.2, -0.15) is 4.98 Å². The molecule has 1 aliphatic rings. The summed E-state index contributed by atoms with van der Waals surface area (Å²) in [5.41, 5.74) is 7.11. The van der Waals surface area contributed by atoms with Crippen LogP contribution in [0.1, 0.15) is 55.6 Å². The van der Waals surface area contributed by atoms with Gasteiger partial charge in [-0.3, -0.25) is 0 Å². The Morgan fingerprint density at radius 2 is 2.39 bits per heavy atom. The van der Waals surface area contributed by atoms with Crippen molar-refractivity contribution in [1.29, 1.82) is 0 Å². The molecular weight excluding hydrogens is 230 g/mol. The minimum Gasteiger partial charge on any atom is -0.339 e. The van der Waals surface area contributed by atoms with Crippen LogP contribution in [0.25, 0.3) is 0 Å². The molecule has 18 heavy (non-hydrogen) atoms. The van der Waals surface area contributed by atoms with Crippen LogP contribution < -0.4 is 5.73 Å². The Balaban J connectivity index is 1.83. The second-order valence-corrected chi connectivity index (χ2v) is 4.75. The molecule has 3 rings (SSSR count). The van der Waals surface area contributed by atoms with E-state index in [1.54, 1.807) is 12.5 Å². The molecular formula is C12H17N5O. The van der Waals surface area contributed by atoms with Crippen molar-refractivity contribution < 1.29 is 4.52 Å². The van der Waals surface area contributed by atoms with Crippen LogP contribution in [-0.2, 0) is 6.54 Å². The molecule has 1 aliphatic carbocycles. The molecule has 0 amide bonds. The van der Waals surface area contributed by atoms with Gasteiger partial charge < -0.3 is 14.8 Å². The topological polar surface area (TPSA) is 82.8 Å². The first-order valence-corrected chi connectivity index (χ1v) is 6.38. The van der Waals surface area contributed by atoms with E-state index in [1.165, 1.54) is 0 Å². The van der Waals surface area contributed by atoms with E-state index in [4.69, 9.17) is 10.3 Å². The van der Waals surface area contributed by atoms with E-state index in [2.05, 4.69) is 22.0 Å². The van der Waals surface area contributed by atoms with Crippen molar-refractivity contribution >= 4 is 0 Å². The van der Waals surface area contributed by atoms with Gasteiger partial charge in [0.05, 0.1) is 18.2 Å². The average molecular weight is 247 g/mol. The van der Waals surface area contributed by atoms with E-state index in [0.29, 0.717) is 11.7 Å². The van der Waals surface area contributed by atoms with Crippen molar-refractivity contribution in [2.24, 2.45) is 5.73 Å². The normalized spacial score (nSPS) is 17.0. The molecule has 6 heteroatoms. The lowest BCUT2D eigenvalue weighted by Crippen LogP contribution is -2.18. The van der Waals surface area contributed by atoms with Crippen molar-refractivity contribution in [3.63, 3.8) is 0 Å². The zero-order valence-electron chi connectivity index (χ0n) is 10.4. The minimum atomic E-state index is -0.365. The average Bonchev–Trinajstić information content (AvgIpc) is 2.93. The lowest BCUT2D eigenvalue weighted by molar-refractivity contribution is 0.372. The molecule has 0 aromatic carbocycles. The van der Waals surface area contributed by atoms with E-state index in [1.807, 2.05) is 4.57 Å². The number of hydrogen-bond donors (Lipinski definition) is 1. The number of imidazole rings is 1. The third kappa shape index (κ3) is 2.03. The van der Waals surface area contributed by atoms with Crippen molar-refractivity contribution in [2.45, 2.75) is 44.7 Å². The van der Waals surface area contributed by atoms with Gasteiger partial charge in [0.25, 0.3) is 0 Å². The Bertz CT molecular complexity index is 528. The Hall–Kier alpha value is -1.69. The van der Waals surface area contributed by atoms with Gasteiger partial charge >= 0.3 is 0 Å². The van der Waals surface area contributed by atoms with Crippen molar-refractivity contribution in [3.8, 4) is 0 Å². The molecule has 96 valence electrons. The van der Waals surface area contributed by atoms with Crippen LogP contribution in [0.4, 0.5) is 0 Å². The molecule has 0 aliphatic heterocycles. The number of aromatic nitrogens is 4. The fraction of sp³-hybridized carbons (Fsp3) is 0.583. The monoisotopic (exact) mass is 247 g/mol. The molecule has 1 fully saturated rings. The van der Waals surface area contributed by atoms with Gasteiger partial charge in [-0.05, 0) is 19.3 Å². The third-order valence-electron chi connectivity index (χ3n) is 3.19. The molecule has 1 atom stereocenters. The quantitative estimate of drug-likeness (QED) is 0.867. The highest BCUT2D eigenvalue weighted by molar-refractivity contribution is 5.15. The number of nitrogens with zero attached hydrogens (tertiary/aromatic N) is 4. The van der Waals surface area contributed by atoms with Crippen LogP contribution in [0.3, 0.4) is 0 Å². The number of nitrogens with two attached hydrogens (primary N) is 1. The smallest absolute Gasteiger partial charge is 0.229 e. The van der Waals surface area contributed by atoms with Crippen LogP contribution in [0.5, 0.6) is 0 Å². The summed E-state index contributed by atoms with van der Waals surface area (Å²) in [5, 5.41) is 3.98. The van der Waals surface area contributed by atoms with E-state index < -0.39 is 0 Å². The van der Waals surface area contributed by atoms with Gasteiger partial charge in [0.15, 0.2) is 5.82 Å². The van der Waals surface area contributed by atoms with E-state index in [9.17, 15) is 0 Å². The van der Waals surface area contributed by atoms with E-state index in [-0.39, 0.29) is 6.04 Å². The van der Waals surface area contributed by atoms with Gasteiger partial charge in [-0.1, -0.05) is 12.1 Å². The van der Waals surface area contributed by atoms with Crippen LogP contribution in [-0.4, -0.2) is 19.7 Å². The lowest BCUT2D eigenvalue weighted by atomic mass is 10.2. The van der Waals surface area contributed by atoms with Gasteiger partial charge in [-0.25, -0.2) is 4.98 Å². The first kappa shape index (κ1) is 11.4. The number of rotatable bonds is 5. The van der Waals surface area contributed by atoms with Gasteiger partial charge in [0, 0.05) is 12.5 Å². The third-order valence-corrected chi connectivity index (χ3v) is 3.19. The second-order valence-electron chi connectivity index (χ2n) is 4.75. The van der Waals surface area contributed by atoms with E-state index >= 15 is 0 Å². The maximum absolute atomic E-state index is 6.18. The Labute approximate surface area is 105 Å². The van der Waals surface area contributed by atoms with Gasteiger partial charge in [0.1, 0.15) is 6.04 Å². The molecule has 1 saturated carbocycles. The Morgan fingerprint density at radius 3 is 3.11 bits per heavy atom. The van der Waals surface area contributed by atoms with Crippen LogP contribution in [0, 0.1) is 0 Å². The highest BCUT2D eigenvalue weighted by Crippen LogP contribution is 2.39. The maximum Gasteiger partial charge on any atom is 0.229 e. The summed E-state index contributed by atoms with van der Waals surface area (Å²) in [6.07, 6.45) is 6.89. The second kappa shape index (κ2) is 4.53. The van der Waals surface area contributed by atoms with Gasteiger partial charge in [-0.15, -0.1) is 0 Å². The standard InChI is InChI=1S/C12H17N5O/c1-2-5-17-7-14-6-9(17)10(13)11-15-12(18-16-11)8-3-4-8/h6-8,10H,2-5,13H2,1H3. The zero-order valence-corrected chi connectivity index (χ0v) is 10.4. The summed E-state index contributed by atoms with van der Waals surface area (Å²) in [4.78, 5) is 8.52. The van der Waals surface area contributed by atoms with Crippen molar-refractivity contribution in [2.75, 3.05) is 0 Å². The molecule has 0 spiro atoms. The summed E-state index contributed by atoms with van der Waals surface area (Å²) in [6, 6.07) is -0.365. The summed E-state index contributed by atoms with van der Waals surface area (Å²) in [5.74, 6) is 1.73. The summed E-state index contributed by atoms with van der Waals surface area (Å²) >= 11 is 0. The fourth-order valence-electron chi connectivity index (χ4n) is 2.02. The van der Waals surface area contributed by atoms with Crippen molar-refractivity contribution in [3.05, 3.63) is 29.9 Å². The molecule has 0 bridgehead atoms. The highest BCUT2D eigenvalue weighted by Gasteiger charge is 2.31. The number of hydrogen-bond acceptors (Lipinski definition) is 5. The zero-order chi connectivity index (χ0) is 12.5. The maximum atomic E-state index is 6.18. The van der Waals surface area contributed by atoms with Crippen LogP contribution in [0.15, 0.2) is 17.0 Å². The summed E-state index contributed by atoms with van der Waals surface area (Å²) in [6.45, 7) is 3.02. The molecule has 0 radical (unpaired) electrons. The fourth-order valence-corrected chi connectivity index (χ4v) is 2.02. The van der Waals surface area contributed by atoms with Gasteiger partial charge in [0.2, 0.25) is 5.89 Å². The predicted molar refractivity (Wildman–Crippen MR) is 64.8 cm³/mol. The highest BCUT2D eigenvalue weighted by atomic mass is 16.5. The van der Waals surface area contributed by atoms with E-state index in [0.717, 1.165) is 37.4 Å². The Morgan fingerprint density at radius 1 is 1.56 bits per heavy atom. The number of aryl methyl sites for hydroxylation is 1. The predicted octanol–water partition coefficient (Wildman–Crippen LogP) is 1.60. The summed E-state index contributed by atoms with van der Waals surface area (Å²) in [7, 11) is 0. The van der Waals surface area contributed by atoms with Crippen molar-refractivity contribution in [1.82, 2.24) is 19.7 Å².